The first-order valence-corrected chi connectivity index (χ1v) is 8.95. The van der Waals surface area contributed by atoms with Gasteiger partial charge in [-0.3, -0.25) is 0 Å². The number of benzene rings is 2. The summed E-state index contributed by atoms with van der Waals surface area (Å²) in [5, 5.41) is 10.6. The van der Waals surface area contributed by atoms with Crippen molar-refractivity contribution in [3.05, 3.63) is 44.2 Å². The fourth-order valence-corrected chi connectivity index (χ4v) is 3.28. The van der Waals surface area contributed by atoms with E-state index in [0.29, 0.717) is 31.9 Å². The van der Waals surface area contributed by atoms with Gasteiger partial charge in [-0.2, -0.15) is 0 Å². The van der Waals surface area contributed by atoms with E-state index < -0.39 is 0 Å². The average Bonchev–Trinajstić information content (AvgIpc) is 2.92. The van der Waals surface area contributed by atoms with Crippen molar-refractivity contribution in [2.45, 2.75) is 26.7 Å². The van der Waals surface area contributed by atoms with Gasteiger partial charge in [-0.15, -0.1) is 0 Å². The maximum atomic E-state index is 9.51. The topological polar surface area (TPSA) is 84.4 Å². The van der Waals surface area contributed by atoms with Crippen LogP contribution in [0.3, 0.4) is 0 Å². The molecule has 0 unspecified atom stereocenters. The molecule has 1 aromatic heterocycles. The third kappa shape index (κ3) is 4.26. The van der Waals surface area contributed by atoms with Crippen LogP contribution >= 0.6 is 35.4 Å². The summed E-state index contributed by atoms with van der Waals surface area (Å²) >= 11 is 16.7. The molecule has 140 valence electrons. The quantitative estimate of drug-likeness (QED) is 0.263. The van der Waals surface area contributed by atoms with Crippen molar-refractivity contribution in [1.29, 1.82) is 0 Å². The number of phenols is 1. The first-order valence-electron chi connectivity index (χ1n) is 7.79. The van der Waals surface area contributed by atoms with Gasteiger partial charge in [0.1, 0.15) is 11.5 Å². The number of methoxy groups -OCH3 is 1. The van der Waals surface area contributed by atoms with E-state index in [2.05, 4.69) is 4.98 Å². The van der Waals surface area contributed by atoms with Gasteiger partial charge in [0, 0.05) is 16.1 Å². The predicted molar refractivity (Wildman–Crippen MR) is 109 cm³/mol. The maximum absolute atomic E-state index is 9.51. The predicted octanol–water partition coefficient (Wildman–Crippen LogP) is 6.21. The molecule has 0 aliphatic carbocycles. The molecule has 0 bridgehead atoms. The van der Waals surface area contributed by atoms with Crippen LogP contribution in [0.15, 0.2) is 22.6 Å². The number of aromatic amines is 1. The Morgan fingerprint density at radius 3 is 2.50 bits per heavy atom. The Morgan fingerprint density at radius 1 is 1.27 bits per heavy atom. The summed E-state index contributed by atoms with van der Waals surface area (Å²) in [6.45, 7) is 5.83. The number of rotatable bonds is 2. The van der Waals surface area contributed by atoms with Crippen LogP contribution in [0.2, 0.25) is 10.0 Å². The highest BCUT2D eigenvalue weighted by Gasteiger charge is 2.12. The Bertz CT molecular complexity index is 996. The van der Waals surface area contributed by atoms with Gasteiger partial charge in [0.25, 0.3) is 4.84 Å². The number of hydrogen-bond donors (Lipinski definition) is 3. The van der Waals surface area contributed by atoms with Crippen LogP contribution in [0.25, 0.3) is 11.1 Å². The molecular weight excluding hydrogens is 395 g/mol. The van der Waals surface area contributed by atoms with Gasteiger partial charge < -0.3 is 25.0 Å². The average molecular weight is 415 g/mol. The number of nitrogens with two attached hydrogens (primary N) is 1. The number of aryl methyl sites for hydroxylation is 1. The Labute approximate surface area is 166 Å². The smallest absolute Gasteiger partial charge is 0.266 e. The summed E-state index contributed by atoms with van der Waals surface area (Å²) in [6.07, 6.45) is 0. The number of halogens is 2. The SMILES string of the molecule is CC(C)c1cc(Cl)cc(N)c1O.COc1c(Cl)cc2[nH]c(=S)oc2c1C. The molecule has 0 saturated carbocycles. The Balaban J connectivity index is 0.000000190. The molecule has 4 N–H and O–H groups in total. The molecule has 8 heteroatoms. The highest BCUT2D eigenvalue weighted by Crippen LogP contribution is 2.35. The molecule has 0 saturated heterocycles. The van der Waals surface area contributed by atoms with Crippen molar-refractivity contribution in [3.8, 4) is 11.5 Å². The zero-order valence-electron chi connectivity index (χ0n) is 14.8. The van der Waals surface area contributed by atoms with Gasteiger partial charge in [0.2, 0.25) is 0 Å². The second-order valence-corrected chi connectivity index (χ2v) is 7.21. The lowest BCUT2D eigenvalue weighted by Gasteiger charge is -2.10. The number of fused-ring (bicyclic) bond motifs is 1. The van der Waals surface area contributed by atoms with E-state index in [0.717, 1.165) is 16.6 Å². The zero-order chi connectivity index (χ0) is 19.6. The number of phenolic OH excluding ortho intramolecular Hbond substituents is 1. The minimum absolute atomic E-state index is 0.148. The van der Waals surface area contributed by atoms with Crippen LogP contribution in [-0.4, -0.2) is 17.2 Å². The Morgan fingerprint density at radius 2 is 1.92 bits per heavy atom. The van der Waals surface area contributed by atoms with E-state index >= 15 is 0 Å². The number of H-pyrrole nitrogens is 1. The van der Waals surface area contributed by atoms with Crippen LogP contribution in [0, 0.1) is 11.8 Å². The van der Waals surface area contributed by atoms with E-state index in [-0.39, 0.29) is 11.7 Å². The van der Waals surface area contributed by atoms with Crippen molar-refractivity contribution < 1.29 is 14.3 Å². The second kappa shape index (κ2) is 8.20. The molecule has 2 aromatic carbocycles. The van der Waals surface area contributed by atoms with E-state index in [1.807, 2.05) is 20.8 Å². The third-order valence-electron chi connectivity index (χ3n) is 3.81. The van der Waals surface area contributed by atoms with Crippen LogP contribution in [0.5, 0.6) is 11.5 Å². The lowest BCUT2D eigenvalue weighted by molar-refractivity contribution is 0.411. The van der Waals surface area contributed by atoms with Gasteiger partial charge in [0.05, 0.1) is 23.3 Å². The van der Waals surface area contributed by atoms with Gasteiger partial charge in [-0.1, -0.05) is 37.0 Å². The van der Waals surface area contributed by atoms with E-state index in [4.69, 9.17) is 50.3 Å². The van der Waals surface area contributed by atoms with Gasteiger partial charge >= 0.3 is 0 Å². The molecular formula is C18H20Cl2N2O3S. The van der Waals surface area contributed by atoms with E-state index in [1.54, 1.807) is 25.3 Å². The van der Waals surface area contributed by atoms with Crippen LogP contribution in [0.4, 0.5) is 5.69 Å². The monoisotopic (exact) mass is 414 g/mol. The number of nitrogens with one attached hydrogen (secondary N) is 1. The van der Waals surface area contributed by atoms with Gasteiger partial charge in [-0.05, 0) is 43.3 Å². The highest BCUT2D eigenvalue weighted by molar-refractivity contribution is 7.71. The number of ether oxygens (including phenoxy) is 1. The third-order valence-corrected chi connectivity index (χ3v) is 4.49. The number of hydrogen-bond acceptors (Lipinski definition) is 5. The number of aromatic nitrogens is 1. The summed E-state index contributed by atoms with van der Waals surface area (Å²) in [6, 6.07) is 5.02. The fourth-order valence-electron chi connectivity index (χ4n) is 2.53. The van der Waals surface area contributed by atoms with E-state index in [1.165, 1.54) is 0 Å². The summed E-state index contributed by atoms with van der Waals surface area (Å²) in [5.74, 6) is 0.998. The largest absolute Gasteiger partial charge is 0.505 e. The molecule has 26 heavy (non-hydrogen) atoms. The Kier molecular flexibility index (Phi) is 6.44. The first-order chi connectivity index (χ1) is 12.1. The summed E-state index contributed by atoms with van der Waals surface area (Å²) in [5.41, 5.74) is 8.99. The van der Waals surface area contributed by atoms with E-state index in [9.17, 15) is 5.11 Å². The fraction of sp³-hybridized carbons (Fsp3) is 0.278. The van der Waals surface area contributed by atoms with Crippen molar-refractivity contribution in [2.24, 2.45) is 0 Å². The lowest BCUT2D eigenvalue weighted by Crippen LogP contribution is -1.93. The van der Waals surface area contributed by atoms with Gasteiger partial charge in [-0.25, -0.2) is 0 Å². The molecule has 0 radical (unpaired) electrons. The standard InChI is InChI=1S/C9H8ClNO2S.C9H12ClNO/c1-4-7(12-2)5(10)3-6-8(4)13-9(14)11-6;1-5(2)7-3-6(10)4-8(11)9(7)12/h3H,1-2H3,(H,11,14);3-5,12H,11H2,1-2H3. The summed E-state index contributed by atoms with van der Waals surface area (Å²) in [4.78, 5) is 3.24. The van der Waals surface area contributed by atoms with Crippen molar-refractivity contribution in [1.82, 2.24) is 4.98 Å². The van der Waals surface area contributed by atoms with Crippen LogP contribution in [-0.2, 0) is 0 Å². The summed E-state index contributed by atoms with van der Waals surface area (Å²) in [7, 11) is 1.57. The first kappa shape index (κ1) is 20.4. The van der Waals surface area contributed by atoms with Gasteiger partial charge in [0.15, 0.2) is 5.58 Å². The van der Waals surface area contributed by atoms with Crippen molar-refractivity contribution >= 4 is 52.2 Å². The van der Waals surface area contributed by atoms with Crippen molar-refractivity contribution in [3.63, 3.8) is 0 Å². The van der Waals surface area contributed by atoms with Crippen molar-refractivity contribution in [2.75, 3.05) is 12.8 Å². The molecule has 3 rings (SSSR count). The zero-order valence-corrected chi connectivity index (χ0v) is 17.1. The minimum atomic E-state index is 0.148. The number of nitrogen functional groups attached to an aromatic ring is 1. The molecule has 0 spiro atoms. The maximum Gasteiger partial charge on any atom is 0.266 e. The molecule has 0 aliphatic rings. The highest BCUT2D eigenvalue weighted by atomic mass is 35.5. The van der Waals surface area contributed by atoms with Crippen LogP contribution < -0.4 is 10.5 Å². The minimum Gasteiger partial charge on any atom is -0.505 e. The number of anilines is 1. The summed E-state index contributed by atoms with van der Waals surface area (Å²) < 4.78 is 10.5. The van der Waals surface area contributed by atoms with Crippen LogP contribution in [0.1, 0.15) is 30.9 Å². The lowest BCUT2D eigenvalue weighted by atomic mass is 10.0. The molecule has 0 amide bonds. The number of oxazole rings is 1. The normalized spacial score (nSPS) is 10.7. The Hall–Kier alpha value is -1.89. The second-order valence-electron chi connectivity index (χ2n) is 6.00. The molecule has 0 aliphatic heterocycles. The number of aromatic hydroxyl groups is 1. The molecule has 5 nitrogen and oxygen atoms in total. The molecule has 1 heterocycles. The molecule has 3 aromatic rings. The molecule has 0 fully saturated rings. The molecule has 0 atom stereocenters.